The van der Waals surface area contributed by atoms with Gasteiger partial charge in [-0.05, 0) is 6.92 Å². The fourth-order valence-electron chi connectivity index (χ4n) is 1.61. The summed E-state index contributed by atoms with van der Waals surface area (Å²) in [5.74, 6) is 2.82. The third-order valence-corrected chi connectivity index (χ3v) is 3.54. The lowest BCUT2D eigenvalue weighted by atomic mass is 10.2. The summed E-state index contributed by atoms with van der Waals surface area (Å²) < 4.78 is 0. The minimum atomic E-state index is 0.305. The molecule has 0 radical (unpaired) electrons. The molecule has 2 N–H and O–H groups in total. The van der Waals surface area contributed by atoms with Crippen molar-refractivity contribution >= 4 is 23.0 Å². The van der Waals surface area contributed by atoms with Gasteiger partial charge in [0, 0.05) is 30.1 Å². The summed E-state index contributed by atoms with van der Waals surface area (Å²) in [6.45, 7) is 6.92. The second-order valence-electron chi connectivity index (χ2n) is 4.60. The average molecular weight is 277 g/mol. The van der Waals surface area contributed by atoms with Crippen LogP contribution in [-0.4, -0.2) is 22.0 Å². The van der Waals surface area contributed by atoms with Crippen LogP contribution in [0.2, 0.25) is 0 Å². The van der Waals surface area contributed by atoms with Crippen molar-refractivity contribution in [3.8, 4) is 0 Å². The first kappa shape index (κ1) is 13.7. The Balaban J connectivity index is 2.12. The highest BCUT2D eigenvalue weighted by molar-refractivity contribution is 7.11. The molecule has 0 aliphatic heterocycles. The molecule has 2 heterocycles. The van der Waals surface area contributed by atoms with Gasteiger partial charge in [-0.3, -0.25) is 0 Å². The minimum absolute atomic E-state index is 0.305. The summed E-state index contributed by atoms with van der Waals surface area (Å²) in [6, 6.07) is 1.92. The van der Waals surface area contributed by atoms with Crippen molar-refractivity contribution in [3.63, 3.8) is 0 Å². The van der Waals surface area contributed by atoms with Gasteiger partial charge in [0.15, 0.2) is 0 Å². The van der Waals surface area contributed by atoms with Crippen molar-refractivity contribution in [2.45, 2.75) is 33.2 Å². The van der Waals surface area contributed by atoms with E-state index in [9.17, 15) is 0 Å². The first-order valence-electron chi connectivity index (χ1n) is 6.30. The fourth-order valence-corrected chi connectivity index (χ4v) is 2.34. The predicted octanol–water partition coefficient (Wildman–Crippen LogP) is 3.02. The molecule has 0 unspecified atom stereocenters. The van der Waals surface area contributed by atoms with Gasteiger partial charge in [-0.25, -0.2) is 15.0 Å². The predicted molar refractivity (Wildman–Crippen MR) is 79.8 cm³/mol. The van der Waals surface area contributed by atoms with Gasteiger partial charge in [0.1, 0.15) is 17.5 Å². The van der Waals surface area contributed by atoms with Gasteiger partial charge in [-0.15, -0.1) is 11.3 Å². The van der Waals surface area contributed by atoms with Crippen molar-refractivity contribution < 1.29 is 0 Å². The van der Waals surface area contributed by atoms with Crippen molar-refractivity contribution in [3.05, 3.63) is 28.0 Å². The van der Waals surface area contributed by atoms with Crippen LogP contribution in [0.15, 0.2) is 12.3 Å². The SMILES string of the molecule is CNc1cc(NCc2cnc(C)s2)nc(C(C)C)n1. The van der Waals surface area contributed by atoms with Gasteiger partial charge in [0.2, 0.25) is 0 Å². The van der Waals surface area contributed by atoms with Gasteiger partial charge in [0.25, 0.3) is 0 Å². The molecule has 0 aliphatic rings. The summed E-state index contributed by atoms with van der Waals surface area (Å²) in [7, 11) is 1.86. The Morgan fingerprint density at radius 2 is 2.00 bits per heavy atom. The molecule has 5 nitrogen and oxygen atoms in total. The summed E-state index contributed by atoms with van der Waals surface area (Å²) in [6.07, 6.45) is 1.90. The Labute approximate surface area is 117 Å². The van der Waals surface area contributed by atoms with Crippen LogP contribution in [0.3, 0.4) is 0 Å². The molecule has 0 spiro atoms. The Bertz CT molecular complexity index is 550. The molecule has 102 valence electrons. The van der Waals surface area contributed by atoms with E-state index in [0.29, 0.717) is 5.92 Å². The standard InChI is InChI=1S/C13H19N5S/c1-8(2)13-17-11(14-4)5-12(18-13)16-7-10-6-15-9(3)19-10/h5-6,8H,7H2,1-4H3,(H2,14,16,17,18). The lowest BCUT2D eigenvalue weighted by Gasteiger charge is -2.10. The number of thiazole rings is 1. The third-order valence-electron chi connectivity index (χ3n) is 2.63. The third kappa shape index (κ3) is 3.64. The zero-order chi connectivity index (χ0) is 13.8. The van der Waals surface area contributed by atoms with Gasteiger partial charge in [-0.1, -0.05) is 13.8 Å². The maximum Gasteiger partial charge on any atom is 0.135 e. The molecule has 2 aromatic rings. The van der Waals surface area contributed by atoms with Crippen LogP contribution < -0.4 is 10.6 Å². The lowest BCUT2D eigenvalue weighted by Crippen LogP contribution is -2.07. The monoisotopic (exact) mass is 277 g/mol. The molecule has 6 heteroatoms. The van der Waals surface area contributed by atoms with Gasteiger partial charge in [-0.2, -0.15) is 0 Å². The molecule has 0 amide bonds. The molecule has 2 aromatic heterocycles. The van der Waals surface area contributed by atoms with E-state index in [1.165, 1.54) is 4.88 Å². The van der Waals surface area contributed by atoms with E-state index in [4.69, 9.17) is 0 Å². The van der Waals surface area contributed by atoms with Gasteiger partial charge < -0.3 is 10.6 Å². The molecule has 0 bridgehead atoms. The number of aromatic nitrogens is 3. The summed E-state index contributed by atoms with van der Waals surface area (Å²) in [5.41, 5.74) is 0. The largest absolute Gasteiger partial charge is 0.373 e. The Kier molecular flexibility index (Phi) is 4.31. The molecule has 0 aromatic carbocycles. The van der Waals surface area contributed by atoms with E-state index in [2.05, 4.69) is 39.4 Å². The molecule has 19 heavy (non-hydrogen) atoms. The van der Waals surface area contributed by atoms with Crippen LogP contribution in [0.1, 0.15) is 35.5 Å². The van der Waals surface area contributed by atoms with Crippen LogP contribution in [0, 0.1) is 6.92 Å². The van der Waals surface area contributed by atoms with Crippen LogP contribution in [0.4, 0.5) is 11.6 Å². The first-order chi connectivity index (χ1) is 9.08. The number of aryl methyl sites for hydroxylation is 1. The van der Waals surface area contributed by atoms with E-state index in [1.54, 1.807) is 11.3 Å². The summed E-state index contributed by atoms with van der Waals surface area (Å²) >= 11 is 1.69. The van der Waals surface area contributed by atoms with Crippen molar-refractivity contribution in [2.24, 2.45) is 0 Å². The smallest absolute Gasteiger partial charge is 0.135 e. The fraction of sp³-hybridized carbons (Fsp3) is 0.462. The molecule has 0 saturated heterocycles. The van der Waals surface area contributed by atoms with Crippen molar-refractivity contribution in [1.82, 2.24) is 15.0 Å². The number of nitrogens with one attached hydrogen (secondary N) is 2. The molecule has 2 rings (SSSR count). The summed E-state index contributed by atoms with van der Waals surface area (Å²) in [5, 5.41) is 7.47. The first-order valence-corrected chi connectivity index (χ1v) is 7.12. The molecular formula is C13H19N5S. The van der Waals surface area contributed by atoms with Crippen LogP contribution in [0.5, 0.6) is 0 Å². The number of hydrogen-bond acceptors (Lipinski definition) is 6. The second-order valence-corrected chi connectivity index (χ2v) is 5.92. The Morgan fingerprint density at radius 3 is 2.58 bits per heavy atom. The van der Waals surface area contributed by atoms with Gasteiger partial charge >= 0.3 is 0 Å². The topological polar surface area (TPSA) is 62.7 Å². The van der Waals surface area contributed by atoms with E-state index in [1.807, 2.05) is 26.2 Å². The highest BCUT2D eigenvalue weighted by atomic mass is 32.1. The zero-order valence-electron chi connectivity index (χ0n) is 11.7. The minimum Gasteiger partial charge on any atom is -0.373 e. The highest BCUT2D eigenvalue weighted by Crippen LogP contribution is 2.18. The Morgan fingerprint density at radius 1 is 1.26 bits per heavy atom. The zero-order valence-corrected chi connectivity index (χ0v) is 12.5. The normalized spacial score (nSPS) is 10.8. The maximum atomic E-state index is 4.52. The molecule has 0 fully saturated rings. The van der Waals surface area contributed by atoms with E-state index in [0.717, 1.165) is 29.0 Å². The number of hydrogen-bond donors (Lipinski definition) is 2. The molecular weight excluding hydrogens is 258 g/mol. The van der Waals surface area contributed by atoms with E-state index >= 15 is 0 Å². The molecule has 0 saturated carbocycles. The quantitative estimate of drug-likeness (QED) is 0.879. The number of rotatable bonds is 5. The van der Waals surface area contributed by atoms with E-state index < -0.39 is 0 Å². The van der Waals surface area contributed by atoms with Crippen molar-refractivity contribution in [2.75, 3.05) is 17.7 Å². The Hall–Kier alpha value is -1.69. The van der Waals surface area contributed by atoms with Gasteiger partial charge in [0.05, 0.1) is 11.6 Å². The number of anilines is 2. The second kappa shape index (κ2) is 5.97. The lowest BCUT2D eigenvalue weighted by molar-refractivity contribution is 0.776. The summed E-state index contributed by atoms with van der Waals surface area (Å²) in [4.78, 5) is 14.4. The van der Waals surface area contributed by atoms with Crippen LogP contribution in [-0.2, 0) is 6.54 Å². The average Bonchev–Trinajstić information content (AvgIpc) is 2.81. The maximum absolute atomic E-state index is 4.52. The van der Waals surface area contributed by atoms with E-state index in [-0.39, 0.29) is 0 Å². The molecule has 0 atom stereocenters. The molecule has 0 aliphatic carbocycles. The van der Waals surface area contributed by atoms with Crippen molar-refractivity contribution in [1.29, 1.82) is 0 Å². The van der Waals surface area contributed by atoms with Crippen LogP contribution >= 0.6 is 11.3 Å². The number of nitrogens with zero attached hydrogens (tertiary/aromatic N) is 3. The highest BCUT2D eigenvalue weighted by Gasteiger charge is 2.07. The van der Waals surface area contributed by atoms with Crippen LogP contribution in [0.25, 0.3) is 0 Å².